The summed E-state index contributed by atoms with van der Waals surface area (Å²) in [6, 6.07) is 1.26. The number of rotatable bonds is 3. The van der Waals surface area contributed by atoms with Gasteiger partial charge in [-0.2, -0.15) is 0 Å². The Balaban J connectivity index is 3.01. The van der Waals surface area contributed by atoms with Crippen molar-refractivity contribution in [2.45, 2.75) is 38.2 Å². The number of ether oxygens (including phenoxy) is 1. The number of nitrogens with zero attached hydrogens (tertiary/aromatic N) is 1. The molecular weight excluding hydrogens is 304 g/mol. The first-order chi connectivity index (χ1) is 8.23. The zero-order chi connectivity index (χ0) is 13.9. The molecule has 0 aliphatic heterocycles. The van der Waals surface area contributed by atoms with E-state index in [-0.39, 0.29) is 6.54 Å². The van der Waals surface area contributed by atoms with Gasteiger partial charge in [-0.3, -0.25) is 19.1 Å². The van der Waals surface area contributed by atoms with E-state index in [9.17, 15) is 14.4 Å². The largest absolute Gasteiger partial charge is 0.459 e. The van der Waals surface area contributed by atoms with Crippen LogP contribution in [0.25, 0.3) is 0 Å². The molecule has 1 N–H and O–H groups in total. The monoisotopic (exact) mass is 318 g/mol. The summed E-state index contributed by atoms with van der Waals surface area (Å²) in [6.07, 6.45) is 0. The molecule has 100 valence electrons. The zero-order valence-corrected chi connectivity index (χ0v) is 12.0. The Hall–Kier alpha value is -1.37. The molecule has 0 spiro atoms. The zero-order valence-electron chi connectivity index (χ0n) is 10.4. The molecule has 1 aromatic rings. The molecule has 0 aliphatic carbocycles. The Kier molecular flexibility index (Phi) is 4.50. The molecule has 1 heterocycles. The fourth-order valence-corrected chi connectivity index (χ4v) is 1.82. The molecule has 0 unspecified atom stereocenters. The van der Waals surface area contributed by atoms with Crippen molar-refractivity contribution in [2.24, 2.45) is 0 Å². The first-order valence-electron chi connectivity index (χ1n) is 5.34. The number of hydrogen-bond donors (Lipinski definition) is 1. The van der Waals surface area contributed by atoms with Gasteiger partial charge in [-0.25, -0.2) is 4.79 Å². The van der Waals surface area contributed by atoms with Crippen molar-refractivity contribution in [2.75, 3.05) is 0 Å². The van der Waals surface area contributed by atoms with Crippen LogP contribution in [0, 0.1) is 0 Å². The Morgan fingerprint density at radius 3 is 2.56 bits per heavy atom. The van der Waals surface area contributed by atoms with E-state index in [1.54, 1.807) is 20.8 Å². The summed E-state index contributed by atoms with van der Waals surface area (Å²) in [5, 5.41) is 0.301. The van der Waals surface area contributed by atoms with E-state index < -0.39 is 22.8 Å². The van der Waals surface area contributed by atoms with Crippen LogP contribution in [-0.2, 0) is 21.4 Å². The van der Waals surface area contributed by atoms with Gasteiger partial charge in [0.25, 0.3) is 5.56 Å². The maximum Gasteiger partial charge on any atom is 0.329 e. The minimum absolute atomic E-state index is 0.228. The lowest BCUT2D eigenvalue weighted by Gasteiger charge is -2.20. The molecule has 0 aliphatic rings. The summed E-state index contributed by atoms with van der Waals surface area (Å²) < 4.78 is 6.29. The van der Waals surface area contributed by atoms with E-state index in [0.29, 0.717) is 11.0 Å². The second-order valence-electron chi connectivity index (χ2n) is 4.74. The van der Waals surface area contributed by atoms with Crippen LogP contribution in [0.5, 0.6) is 0 Å². The normalized spacial score (nSPS) is 11.3. The number of aromatic amines is 1. The Morgan fingerprint density at radius 2 is 2.06 bits per heavy atom. The van der Waals surface area contributed by atoms with Gasteiger partial charge in [0.2, 0.25) is 0 Å². The van der Waals surface area contributed by atoms with Gasteiger partial charge in [0.1, 0.15) is 12.1 Å². The Bertz CT molecular complexity index is 553. The van der Waals surface area contributed by atoms with E-state index in [1.807, 2.05) is 0 Å². The lowest BCUT2D eigenvalue weighted by molar-refractivity contribution is -0.155. The summed E-state index contributed by atoms with van der Waals surface area (Å²) in [6.45, 7) is 5.00. The second kappa shape index (κ2) is 5.51. The van der Waals surface area contributed by atoms with Crippen LogP contribution in [0.3, 0.4) is 0 Å². The third-order valence-corrected chi connectivity index (χ3v) is 2.54. The lowest BCUT2D eigenvalue weighted by atomic mass is 10.2. The SMILES string of the molecule is CC(C)(C)OC(=O)Cn1c(CBr)cc(=O)[nH]c1=O. The molecule has 0 aromatic carbocycles. The Morgan fingerprint density at radius 1 is 1.44 bits per heavy atom. The second-order valence-corrected chi connectivity index (χ2v) is 5.30. The van der Waals surface area contributed by atoms with Crippen LogP contribution >= 0.6 is 15.9 Å². The molecule has 0 radical (unpaired) electrons. The molecule has 0 amide bonds. The number of esters is 1. The number of aromatic nitrogens is 2. The van der Waals surface area contributed by atoms with Crippen molar-refractivity contribution >= 4 is 21.9 Å². The lowest BCUT2D eigenvalue weighted by Crippen LogP contribution is -2.36. The van der Waals surface area contributed by atoms with Crippen LogP contribution in [0.4, 0.5) is 0 Å². The molecule has 0 fully saturated rings. The third kappa shape index (κ3) is 4.14. The number of alkyl halides is 1. The molecule has 1 rings (SSSR count). The van der Waals surface area contributed by atoms with Crippen molar-refractivity contribution in [1.82, 2.24) is 9.55 Å². The fourth-order valence-electron chi connectivity index (χ4n) is 1.36. The molecule has 18 heavy (non-hydrogen) atoms. The highest BCUT2D eigenvalue weighted by Gasteiger charge is 2.18. The number of carbonyl (C=O) groups is 1. The number of hydrogen-bond acceptors (Lipinski definition) is 4. The predicted molar refractivity (Wildman–Crippen MR) is 69.8 cm³/mol. The topological polar surface area (TPSA) is 81.2 Å². The molecule has 6 nitrogen and oxygen atoms in total. The van der Waals surface area contributed by atoms with Crippen molar-refractivity contribution < 1.29 is 9.53 Å². The van der Waals surface area contributed by atoms with Gasteiger partial charge in [-0.05, 0) is 20.8 Å². The van der Waals surface area contributed by atoms with Gasteiger partial charge in [-0.1, -0.05) is 15.9 Å². The maximum atomic E-state index is 11.6. The van der Waals surface area contributed by atoms with E-state index in [4.69, 9.17) is 4.74 Å². The molecule has 7 heteroatoms. The van der Waals surface area contributed by atoms with Crippen LogP contribution in [0.15, 0.2) is 15.7 Å². The van der Waals surface area contributed by atoms with Crippen molar-refractivity contribution in [3.63, 3.8) is 0 Å². The highest BCUT2D eigenvalue weighted by atomic mass is 79.9. The van der Waals surface area contributed by atoms with Crippen LogP contribution in [0.2, 0.25) is 0 Å². The quantitative estimate of drug-likeness (QED) is 0.659. The summed E-state index contributed by atoms with van der Waals surface area (Å²) in [5.74, 6) is -0.529. The highest BCUT2D eigenvalue weighted by molar-refractivity contribution is 9.08. The minimum atomic E-state index is -0.622. The van der Waals surface area contributed by atoms with E-state index in [2.05, 4.69) is 20.9 Å². The van der Waals surface area contributed by atoms with Gasteiger partial charge >= 0.3 is 11.7 Å². The standard InChI is InChI=1S/C11H15BrN2O4/c1-11(2,3)18-9(16)6-14-7(5-12)4-8(15)13-10(14)17/h4H,5-6H2,1-3H3,(H,13,15,17). The van der Waals surface area contributed by atoms with Crippen LogP contribution < -0.4 is 11.2 Å². The summed E-state index contributed by atoms with van der Waals surface area (Å²) in [4.78, 5) is 36.5. The van der Waals surface area contributed by atoms with Crippen molar-refractivity contribution in [3.8, 4) is 0 Å². The first kappa shape index (κ1) is 14.7. The van der Waals surface area contributed by atoms with Gasteiger partial charge < -0.3 is 4.74 Å². The smallest absolute Gasteiger partial charge is 0.329 e. The molecule has 1 aromatic heterocycles. The summed E-state index contributed by atoms with van der Waals surface area (Å²) in [5.41, 5.74) is -1.30. The molecule has 0 saturated heterocycles. The summed E-state index contributed by atoms with van der Waals surface area (Å²) >= 11 is 3.16. The predicted octanol–water partition coefficient (Wildman–Crippen LogP) is 0.773. The van der Waals surface area contributed by atoms with Crippen LogP contribution in [-0.4, -0.2) is 21.1 Å². The maximum absolute atomic E-state index is 11.6. The van der Waals surface area contributed by atoms with Gasteiger partial charge in [0.05, 0.1) is 0 Å². The number of H-pyrrole nitrogens is 1. The van der Waals surface area contributed by atoms with Gasteiger partial charge in [0, 0.05) is 17.1 Å². The molecule has 0 bridgehead atoms. The highest BCUT2D eigenvalue weighted by Crippen LogP contribution is 2.08. The first-order valence-corrected chi connectivity index (χ1v) is 6.46. The van der Waals surface area contributed by atoms with Crippen molar-refractivity contribution in [3.05, 3.63) is 32.6 Å². The molecular formula is C11H15BrN2O4. The van der Waals surface area contributed by atoms with Gasteiger partial charge in [-0.15, -0.1) is 0 Å². The fraction of sp³-hybridized carbons (Fsp3) is 0.545. The number of halogens is 1. The number of nitrogens with one attached hydrogen (secondary N) is 1. The third-order valence-electron chi connectivity index (χ3n) is 1.96. The molecule has 0 saturated carbocycles. The van der Waals surface area contributed by atoms with E-state index in [0.717, 1.165) is 0 Å². The number of carbonyl (C=O) groups excluding carboxylic acids is 1. The summed E-state index contributed by atoms with van der Waals surface area (Å²) in [7, 11) is 0. The molecule has 0 atom stereocenters. The van der Waals surface area contributed by atoms with Crippen LogP contribution in [0.1, 0.15) is 26.5 Å². The van der Waals surface area contributed by atoms with E-state index in [1.165, 1.54) is 10.6 Å². The Labute approximate surface area is 112 Å². The van der Waals surface area contributed by atoms with Crippen molar-refractivity contribution in [1.29, 1.82) is 0 Å². The van der Waals surface area contributed by atoms with E-state index >= 15 is 0 Å². The average Bonchev–Trinajstić information content (AvgIpc) is 2.18. The minimum Gasteiger partial charge on any atom is -0.459 e. The van der Waals surface area contributed by atoms with Gasteiger partial charge in [0.15, 0.2) is 0 Å². The average molecular weight is 319 g/mol.